The molecule has 0 aliphatic carbocycles. The van der Waals surface area contributed by atoms with Gasteiger partial charge in [-0.2, -0.15) is 18.8 Å². The van der Waals surface area contributed by atoms with Crippen LogP contribution in [0.3, 0.4) is 0 Å². The van der Waals surface area contributed by atoms with Crippen LogP contribution in [0, 0.1) is 36.6 Å². The monoisotopic (exact) mass is 1000 g/mol. The summed E-state index contributed by atoms with van der Waals surface area (Å²) in [6.07, 6.45) is 7.11. The molecule has 324 valence electrons. The first-order valence-electron chi connectivity index (χ1n) is 22.7. The summed E-state index contributed by atoms with van der Waals surface area (Å²) in [6, 6.07) is 33.5. The third kappa shape index (κ3) is 8.30. The van der Waals surface area contributed by atoms with Crippen LogP contribution in [0.25, 0.3) is 39.0 Å². The van der Waals surface area contributed by atoms with Crippen LogP contribution < -0.4 is 9.80 Å². The fourth-order valence-corrected chi connectivity index (χ4v) is 9.82. The molecular weight excluding hydrogens is 937 g/mol. The predicted octanol–water partition coefficient (Wildman–Crippen LogP) is 14.9. The fraction of sp³-hybridized carbons (Fsp3) is 0.393. The number of hydrogen-bond acceptors (Lipinski definition) is 4. The van der Waals surface area contributed by atoms with E-state index < -0.39 is 0 Å². The Bertz CT molecular complexity index is 2670. The third-order valence-electron chi connectivity index (χ3n) is 12.5. The SMILES string of the molecule is CC(C)Cc1cc2c3c(c1)C(C)(C)c1c([c-]cc4c1oc1c(CC(C)C)cc(CC(C)C)cc14)N3[CH-]N2C.CC(C)c1cccc(C(C)C)c1-n1ccnc1-c1[c-]cccc1.[Ir+3]. The molecule has 0 N–H and O–H groups in total. The van der Waals surface area contributed by atoms with E-state index in [4.69, 9.17) is 4.42 Å². The fourth-order valence-electron chi connectivity index (χ4n) is 9.82. The molecule has 2 aliphatic heterocycles. The molecule has 0 unspecified atom stereocenters. The van der Waals surface area contributed by atoms with E-state index in [0.29, 0.717) is 29.6 Å². The number of nitrogens with zero attached hydrogens (tertiary/aromatic N) is 4. The molecule has 0 saturated carbocycles. The van der Waals surface area contributed by atoms with Crippen molar-refractivity contribution in [2.45, 2.75) is 120 Å². The molecule has 5 aromatic carbocycles. The third-order valence-corrected chi connectivity index (χ3v) is 12.5. The maximum absolute atomic E-state index is 6.95. The Labute approximate surface area is 385 Å². The molecule has 7 aromatic rings. The van der Waals surface area contributed by atoms with Crippen molar-refractivity contribution in [3.05, 3.63) is 143 Å². The summed E-state index contributed by atoms with van der Waals surface area (Å²) in [4.78, 5) is 9.21. The van der Waals surface area contributed by atoms with Gasteiger partial charge in [-0.05, 0) is 106 Å². The molecule has 0 fully saturated rings. The summed E-state index contributed by atoms with van der Waals surface area (Å²) in [5.74, 6) is 3.65. The first-order chi connectivity index (χ1) is 29.0. The molecule has 6 heteroatoms. The largest absolute Gasteiger partial charge is 3.00 e. The summed E-state index contributed by atoms with van der Waals surface area (Å²) < 4.78 is 9.17. The molecule has 0 radical (unpaired) electrons. The van der Waals surface area contributed by atoms with E-state index >= 15 is 0 Å². The van der Waals surface area contributed by atoms with Crippen LogP contribution >= 0.6 is 0 Å². The Morgan fingerprint density at radius 2 is 1.39 bits per heavy atom. The number of furan rings is 1. The van der Waals surface area contributed by atoms with Gasteiger partial charge in [0.1, 0.15) is 5.58 Å². The van der Waals surface area contributed by atoms with E-state index in [1.807, 2.05) is 24.4 Å². The molecule has 2 aromatic heterocycles. The van der Waals surface area contributed by atoms with Crippen molar-refractivity contribution >= 4 is 39.0 Å². The van der Waals surface area contributed by atoms with E-state index in [9.17, 15) is 0 Å². The van der Waals surface area contributed by atoms with Crippen molar-refractivity contribution in [2.75, 3.05) is 16.8 Å². The number of anilines is 3. The average Bonchev–Trinajstić information content (AvgIpc) is 3.92. The Kier molecular flexibility index (Phi) is 13.1. The van der Waals surface area contributed by atoms with E-state index in [1.165, 1.54) is 66.8 Å². The molecule has 5 nitrogen and oxygen atoms in total. The standard InChI is InChI=1S/C35H42N2O.C21H23N2.Ir/c1-20(2)12-23-15-25(14-22(5)6)33-27(16-23)26-10-11-29-31(34(26)38-33)35(7,8)28-17-24(13-21(3)4)18-30-32(28)37(29)19-36(30)9;1-15(2)18-11-8-12-19(16(3)4)20(18)23-14-13-22-21(23)17-9-6-5-7-10-17;/h10,15-22H,12-14H2,1-9H3;5-9,11-16H,1-4H3;/q-2;-1;+3. The molecule has 0 bridgehead atoms. The quantitative estimate of drug-likeness (QED) is 0.128. The summed E-state index contributed by atoms with van der Waals surface area (Å²) >= 11 is 0. The van der Waals surface area contributed by atoms with E-state index in [1.54, 1.807) is 0 Å². The topological polar surface area (TPSA) is 37.4 Å². The summed E-state index contributed by atoms with van der Waals surface area (Å²) in [5, 5.41) is 2.43. The van der Waals surface area contributed by atoms with Crippen LogP contribution in [0.5, 0.6) is 0 Å². The van der Waals surface area contributed by atoms with E-state index in [2.05, 4.69) is 189 Å². The van der Waals surface area contributed by atoms with Gasteiger partial charge in [0.15, 0.2) is 0 Å². The van der Waals surface area contributed by atoms with Gasteiger partial charge in [0, 0.05) is 35.0 Å². The Balaban J connectivity index is 0.000000207. The summed E-state index contributed by atoms with van der Waals surface area (Å²) in [7, 11) is 2.16. The van der Waals surface area contributed by atoms with Gasteiger partial charge in [0.2, 0.25) is 0 Å². The van der Waals surface area contributed by atoms with Crippen molar-refractivity contribution in [3.8, 4) is 17.1 Å². The number of imidazole rings is 1. The van der Waals surface area contributed by atoms with Crippen molar-refractivity contribution in [3.63, 3.8) is 0 Å². The molecule has 9 rings (SSSR count). The second kappa shape index (κ2) is 17.9. The molecule has 2 aliphatic rings. The second-order valence-corrected chi connectivity index (χ2v) is 20.0. The average molecular weight is 1000 g/mol. The molecular formula is C56H65IrN4O. The van der Waals surface area contributed by atoms with Crippen molar-refractivity contribution < 1.29 is 24.5 Å². The van der Waals surface area contributed by atoms with Crippen molar-refractivity contribution in [1.82, 2.24) is 9.55 Å². The van der Waals surface area contributed by atoms with Crippen molar-refractivity contribution in [1.29, 1.82) is 0 Å². The zero-order valence-electron chi connectivity index (χ0n) is 39.2. The maximum atomic E-state index is 6.95. The molecule has 0 spiro atoms. The number of para-hydroxylation sites is 1. The number of aromatic nitrogens is 2. The van der Waals surface area contributed by atoms with Crippen molar-refractivity contribution in [2.24, 2.45) is 17.8 Å². The Morgan fingerprint density at radius 3 is 2.00 bits per heavy atom. The van der Waals surface area contributed by atoms with Crippen LogP contribution in [0.4, 0.5) is 17.1 Å². The molecule has 0 saturated heterocycles. The molecule has 62 heavy (non-hydrogen) atoms. The molecule has 4 heterocycles. The zero-order chi connectivity index (χ0) is 43.5. The number of fused-ring (bicyclic) bond motifs is 6. The number of hydrogen-bond donors (Lipinski definition) is 0. The van der Waals surface area contributed by atoms with Crippen LogP contribution in [0.15, 0.2) is 89.6 Å². The van der Waals surface area contributed by atoms with Gasteiger partial charge in [-0.25, -0.2) is 0 Å². The van der Waals surface area contributed by atoms with Gasteiger partial charge < -0.3 is 18.8 Å². The summed E-state index contributed by atoms with van der Waals surface area (Å²) in [6.45, 7) is 29.7. The summed E-state index contributed by atoms with van der Waals surface area (Å²) in [5.41, 5.74) is 17.3. The van der Waals surface area contributed by atoms with Crippen LogP contribution in [-0.2, 0) is 44.8 Å². The van der Waals surface area contributed by atoms with Gasteiger partial charge >= 0.3 is 20.1 Å². The minimum absolute atomic E-state index is 0. The van der Waals surface area contributed by atoms with Gasteiger partial charge in [-0.3, -0.25) is 4.98 Å². The number of rotatable bonds is 10. The Morgan fingerprint density at radius 1 is 0.726 bits per heavy atom. The van der Waals surface area contributed by atoms with Crippen LogP contribution in [0.1, 0.15) is 134 Å². The maximum Gasteiger partial charge on any atom is 3.00 e. The minimum Gasteiger partial charge on any atom is -0.504 e. The first-order valence-corrected chi connectivity index (χ1v) is 22.7. The number of benzene rings is 5. The van der Waals surface area contributed by atoms with E-state index in [-0.39, 0.29) is 25.5 Å². The first kappa shape index (κ1) is 45.4. The van der Waals surface area contributed by atoms with Crippen LogP contribution in [-0.4, -0.2) is 16.6 Å². The second-order valence-electron chi connectivity index (χ2n) is 20.0. The van der Waals surface area contributed by atoms with Gasteiger partial charge in [-0.1, -0.05) is 136 Å². The predicted molar refractivity (Wildman–Crippen MR) is 258 cm³/mol. The van der Waals surface area contributed by atoms with Crippen LogP contribution in [0.2, 0.25) is 0 Å². The van der Waals surface area contributed by atoms with E-state index in [0.717, 1.165) is 47.5 Å². The van der Waals surface area contributed by atoms with Gasteiger partial charge in [-0.15, -0.1) is 35.9 Å². The minimum atomic E-state index is -0.217. The van der Waals surface area contributed by atoms with Gasteiger partial charge in [0.25, 0.3) is 0 Å². The molecule has 0 amide bonds. The Hall–Kier alpha value is -4.64. The van der Waals surface area contributed by atoms with Gasteiger partial charge in [0.05, 0.1) is 5.82 Å². The smallest absolute Gasteiger partial charge is 0.504 e. The zero-order valence-corrected chi connectivity index (χ0v) is 41.6. The normalized spacial score (nSPS) is 14.0. The molecule has 0 atom stereocenters.